The molecule has 0 aliphatic carbocycles. The fraction of sp³-hybridized carbons (Fsp3) is 0.533. The Kier molecular flexibility index (Phi) is 7.32. The average Bonchev–Trinajstić information content (AvgIpc) is 2.44. The van der Waals surface area contributed by atoms with Crippen molar-refractivity contribution in [3.05, 3.63) is 23.2 Å². The highest BCUT2D eigenvalue weighted by Crippen LogP contribution is 2.27. The van der Waals surface area contributed by atoms with Crippen LogP contribution >= 0.6 is 11.6 Å². The molecular weight excluding hydrogens is 290 g/mol. The van der Waals surface area contributed by atoms with Crippen LogP contribution in [0.3, 0.4) is 0 Å². The first kappa shape index (κ1) is 17.6. The van der Waals surface area contributed by atoms with Gasteiger partial charge in [-0.1, -0.05) is 11.6 Å². The second kappa shape index (κ2) is 8.74. The van der Waals surface area contributed by atoms with Gasteiger partial charge in [0.25, 0.3) is 0 Å². The Labute approximate surface area is 131 Å². The zero-order valence-electron chi connectivity index (χ0n) is 13.1. The number of ether oxygens (including phenoxy) is 1. The van der Waals surface area contributed by atoms with Crippen LogP contribution in [0.15, 0.2) is 18.2 Å². The third-order valence-electron chi connectivity index (χ3n) is 3.31. The molecule has 21 heavy (non-hydrogen) atoms. The number of halogens is 1. The first-order valence-corrected chi connectivity index (χ1v) is 7.32. The third kappa shape index (κ3) is 6.23. The van der Waals surface area contributed by atoms with Gasteiger partial charge in [-0.2, -0.15) is 0 Å². The predicted octanol–water partition coefficient (Wildman–Crippen LogP) is 2.22. The van der Waals surface area contributed by atoms with Crippen molar-refractivity contribution >= 4 is 23.2 Å². The second-order valence-corrected chi connectivity index (χ2v) is 5.57. The van der Waals surface area contributed by atoms with Gasteiger partial charge in [-0.05, 0) is 39.2 Å². The highest BCUT2D eigenvalue weighted by Gasteiger charge is 2.08. The molecule has 0 spiro atoms. The molecule has 0 saturated heterocycles. The van der Waals surface area contributed by atoms with E-state index in [9.17, 15) is 4.79 Å². The molecule has 0 radical (unpaired) electrons. The largest absolute Gasteiger partial charge is 0.495 e. The zero-order chi connectivity index (χ0) is 15.8. The van der Waals surface area contributed by atoms with Crippen LogP contribution in [0, 0.1) is 0 Å². The number of likely N-dealkylation sites (N-methyl/N-ethyl adjacent to an activating group) is 1. The fourth-order valence-corrected chi connectivity index (χ4v) is 1.83. The van der Waals surface area contributed by atoms with Crippen molar-refractivity contribution in [2.24, 2.45) is 0 Å². The lowest BCUT2D eigenvalue weighted by Crippen LogP contribution is -2.38. The van der Waals surface area contributed by atoms with Crippen LogP contribution in [0.1, 0.15) is 13.3 Å². The number of carbonyl (C=O) groups is 1. The van der Waals surface area contributed by atoms with Gasteiger partial charge in [-0.15, -0.1) is 0 Å². The van der Waals surface area contributed by atoms with E-state index in [0.29, 0.717) is 36.3 Å². The number of carbonyl (C=O) groups excluding carboxylic acids is 1. The lowest BCUT2D eigenvalue weighted by Gasteiger charge is -2.20. The summed E-state index contributed by atoms with van der Waals surface area (Å²) in [4.78, 5) is 13.8. The van der Waals surface area contributed by atoms with Gasteiger partial charge in [-0.25, -0.2) is 0 Å². The molecule has 0 bridgehead atoms. The zero-order valence-corrected chi connectivity index (χ0v) is 13.8. The molecule has 2 N–H and O–H groups in total. The van der Waals surface area contributed by atoms with Gasteiger partial charge >= 0.3 is 0 Å². The molecular formula is C15H24ClN3O2. The van der Waals surface area contributed by atoms with Crippen molar-refractivity contribution in [2.45, 2.75) is 19.4 Å². The van der Waals surface area contributed by atoms with Gasteiger partial charge in [0.2, 0.25) is 5.91 Å². The Bertz CT molecular complexity index is 466. The summed E-state index contributed by atoms with van der Waals surface area (Å²) in [6.07, 6.45) is 0.399. The summed E-state index contributed by atoms with van der Waals surface area (Å²) in [7, 11) is 5.58. The van der Waals surface area contributed by atoms with Crippen LogP contribution in [0.25, 0.3) is 0 Å². The molecule has 0 aromatic heterocycles. The first-order chi connectivity index (χ1) is 9.93. The summed E-state index contributed by atoms with van der Waals surface area (Å²) >= 11 is 5.95. The second-order valence-electron chi connectivity index (χ2n) is 5.14. The maximum Gasteiger partial charge on any atom is 0.221 e. The lowest BCUT2D eigenvalue weighted by atomic mass is 10.2. The number of nitrogens with one attached hydrogen (secondary N) is 2. The molecule has 1 atom stereocenters. The molecule has 0 heterocycles. The standard InChI is InChI=1S/C15H24ClN3O2/c1-11(19(2)3)10-18-15(20)7-8-17-13-9-12(16)5-6-14(13)21-4/h5-6,9,11,17H,7-8,10H2,1-4H3,(H,18,20)/t11-/m1/s1. The third-order valence-corrected chi connectivity index (χ3v) is 3.54. The number of rotatable bonds is 8. The molecule has 1 rings (SSSR count). The number of benzene rings is 1. The summed E-state index contributed by atoms with van der Waals surface area (Å²) in [5, 5.41) is 6.71. The number of hydrogen-bond donors (Lipinski definition) is 2. The van der Waals surface area contributed by atoms with Crippen molar-refractivity contribution in [3.8, 4) is 5.75 Å². The van der Waals surface area contributed by atoms with E-state index in [1.807, 2.05) is 14.1 Å². The minimum absolute atomic E-state index is 0.0252. The molecule has 0 unspecified atom stereocenters. The number of methoxy groups -OCH3 is 1. The van der Waals surface area contributed by atoms with E-state index in [1.165, 1.54) is 0 Å². The van der Waals surface area contributed by atoms with Gasteiger partial charge in [0.15, 0.2) is 0 Å². The molecule has 6 heteroatoms. The Morgan fingerprint density at radius 3 is 2.76 bits per heavy atom. The van der Waals surface area contributed by atoms with E-state index in [4.69, 9.17) is 16.3 Å². The maximum atomic E-state index is 11.8. The summed E-state index contributed by atoms with van der Waals surface area (Å²) < 4.78 is 5.24. The van der Waals surface area contributed by atoms with Gasteiger partial charge in [0.1, 0.15) is 5.75 Å². The number of nitrogens with zero attached hydrogens (tertiary/aromatic N) is 1. The molecule has 1 amide bonds. The van der Waals surface area contributed by atoms with Crippen molar-refractivity contribution in [2.75, 3.05) is 39.6 Å². The summed E-state index contributed by atoms with van der Waals surface area (Å²) in [6.45, 7) is 3.24. The van der Waals surface area contributed by atoms with Crippen molar-refractivity contribution in [1.82, 2.24) is 10.2 Å². The minimum Gasteiger partial charge on any atom is -0.495 e. The molecule has 5 nitrogen and oxygen atoms in total. The van der Waals surface area contributed by atoms with E-state index in [0.717, 1.165) is 5.69 Å². The van der Waals surface area contributed by atoms with Crippen molar-refractivity contribution in [1.29, 1.82) is 0 Å². The van der Waals surface area contributed by atoms with Crippen LogP contribution in [0.5, 0.6) is 5.75 Å². The van der Waals surface area contributed by atoms with Gasteiger partial charge < -0.3 is 20.3 Å². The summed E-state index contributed by atoms with van der Waals surface area (Å²) in [6, 6.07) is 5.66. The fourth-order valence-electron chi connectivity index (χ4n) is 1.66. The van der Waals surface area contributed by atoms with Crippen LogP contribution in [-0.2, 0) is 4.79 Å². The molecule has 0 aliphatic heterocycles. The van der Waals surface area contributed by atoms with Crippen molar-refractivity contribution in [3.63, 3.8) is 0 Å². The van der Waals surface area contributed by atoms with E-state index in [2.05, 4.69) is 22.5 Å². The van der Waals surface area contributed by atoms with Gasteiger partial charge in [0.05, 0.1) is 12.8 Å². The van der Waals surface area contributed by atoms with Crippen LogP contribution in [0.4, 0.5) is 5.69 Å². The molecule has 118 valence electrons. The van der Waals surface area contributed by atoms with E-state index in [1.54, 1.807) is 25.3 Å². The molecule has 0 fully saturated rings. The quantitative estimate of drug-likeness (QED) is 0.772. The Hall–Kier alpha value is -1.46. The maximum absolute atomic E-state index is 11.8. The van der Waals surface area contributed by atoms with Crippen LogP contribution in [-0.4, -0.2) is 51.1 Å². The summed E-state index contributed by atoms with van der Waals surface area (Å²) in [5.41, 5.74) is 0.791. The van der Waals surface area contributed by atoms with E-state index >= 15 is 0 Å². The van der Waals surface area contributed by atoms with E-state index < -0.39 is 0 Å². The topological polar surface area (TPSA) is 53.6 Å². The van der Waals surface area contributed by atoms with Crippen molar-refractivity contribution < 1.29 is 9.53 Å². The number of anilines is 1. The van der Waals surface area contributed by atoms with E-state index in [-0.39, 0.29) is 5.91 Å². The smallest absolute Gasteiger partial charge is 0.221 e. The molecule has 0 saturated carbocycles. The number of hydrogen-bond acceptors (Lipinski definition) is 4. The normalized spacial score (nSPS) is 12.1. The highest BCUT2D eigenvalue weighted by molar-refractivity contribution is 6.30. The lowest BCUT2D eigenvalue weighted by molar-refractivity contribution is -0.121. The predicted molar refractivity (Wildman–Crippen MR) is 87.3 cm³/mol. The van der Waals surface area contributed by atoms with Crippen LogP contribution < -0.4 is 15.4 Å². The Morgan fingerprint density at radius 1 is 1.43 bits per heavy atom. The monoisotopic (exact) mass is 313 g/mol. The minimum atomic E-state index is 0.0252. The molecule has 0 aliphatic rings. The Morgan fingerprint density at radius 2 is 2.14 bits per heavy atom. The van der Waals surface area contributed by atoms with Gasteiger partial charge in [0, 0.05) is 30.6 Å². The first-order valence-electron chi connectivity index (χ1n) is 6.94. The Balaban J connectivity index is 2.36. The highest BCUT2D eigenvalue weighted by atomic mass is 35.5. The molecule has 1 aromatic carbocycles. The average molecular weight is 314 g/mol. The number of amides is 1. The summed E-state index contributed by atoms with van der Waals surface area (Å²) in [5.74, 6) is 0.734. The van der Waals surface area contributed by atoms with Gasteiger partial charge in [-0.3, -0.25) is 4.79 Å². The van der Waals surface area contributed by atoms with Crippen LogP contribution in [0.2, 0.25) is 5.02 Å². The SMILES string of the molecule is COc1ccc(Cl)cc1NCCC(=O)NC[C@@H](C)N(C)C. The molecule has 1 aromatic rings.